The molecule has 0 aliphatic heterocycles. The maximum atomic E-state index is 2.46. The maximum Gasteiger partial charge on any atom is -0.00177 e. The quantitative estimate of drug-likeness (QED) is 0.243. The molecule has 30 heavy (non-hydrogen) atoms. The number of hydrogen-bond acceptors (Lipinski definition) is 0. The first-order valence-electron chi connectivity index (χ1n) is 11.6. The lowest BCUT2D eigenvalue weighted by atomic mass is 9.85. The molecule has 0 aromatic heterocycles. The summed E-state index contributed by atoms with van der Waals surface area (Å²) in [6, 6.07) is 27.6. The fourth-order valence-corrected chi connectivity index (χ4v) is 5.05. The highest BCUT2D eigenvalue weighted by Gasteiger charge is 2.16. The average Bonchev–Trinajstić information content (AvgIpc) is 2.80. The zero-order chi connectivity index (χ0) is 20.5. The van der Waals surface area contributed by atoms with Gasteiger partial charge in [0.05, 0.1) is 0 Å². The van der Waals surface area contributed by atoms with Crippen molar-refractivity contribution in [3.63, 3.8) is 0 Å². The van der Waals surface area contributed by atoms with Crippen LogP contribution in [0.2, 0.25) is 0 Å². The van der Waals surface area contributed by atoms with Crippen molar-refractivity contribution in [2.75, 3.05) is 0 Å². The summed E-state index contributed by atoms with van der Waals surface area (Å²) in [5, 5.41) is 8.59. The first-order valence-corrected chi connectivity index (χ1v) is 11.6. The van der Waals surface area contributed by atoms with Crippen LogP contribution >= 0.6 is 0 Å². The summed E-state index contributed by atoms with van der Waals surface area (Å²) in [5.41, 5.74) is 5.69. The lowest BCUT2D eigenvalue weighted by Crippen LogP contribution is -1.95. The van der Waals surface area contributed by atoms with Crippen LogP contribution in [0, 0.1) is 0 Å². The third-order valence-corrected chi connectivity index (χ3v) is 6.64. The van der Waals surface area contributed by atoms with E-state index in [-0.39, 0.29) is 0 Å². The zero-order valence-corrected chi connectivity index (χ0v) is 18.2. The molecule has 0 aliphatic rings. The second-order valence-corrected chi connectivity index (χ2v) is 8.63. The van der Waals surface area contributed by atoms with E-state index in [0.29, 0.717) is 0 Å². The summed E-state index contributed by atoms with van der Waals surface area (Å²) < 4.78 is 0. The van der Waals surface area contributed by atoms with E-state index in [2.05, 4.69) is 86.6 Å². The van der Waals surface area contributed by atoms with Crippen molar-refractivity contribution in [2.24, 2.45) is 0 Å². The van der Waals surface area contributed by atoms with Crippen molar-refractivity contribution in [1.29, 1.82) is 0 Å². The van der Waals surface area contributed by atoms with Gasteiger partial charge in [-0.1, -0.05) is 93.4 Å². The Kier molecular flexibility index (Phi) is 5.17. The van der Waals surface area contributed by atoms with E-state index in [4.69, 9.17) is 0 Å². The van der Waals surface area contributed by atoms with Gasteiger partial charge in [0.15, 0.2) is 0 Å². The number of aryl methyl sites for hydroxylation is 2. The van der Waals surface area contributed by atoms with Crippen LogP contribution < -0.4 is 0 Å². The minimum atomic E-state index is 1.15. The molecular formula is C30H30. The van der Waals surface area contributed by atoms with E-state index in [9.17, 15) is 0 Å². The monoisotopic (exact) mass is 390 g/mol. The van der Waals surface area contributed by atoms with Gasteiger partial charge in [0.1, 0.15) is 0 Å². The Bertz CT molecular complexity index is 1290. The molecule has 0 fully saturated rings. The molecule has 5 aromatic rings. The summed E-state index contributed by atoms with van der Waals surface area (Å²) in [5.74, 6) is 0. The van der Waals surface area contributed by atoms with Gasteiger partial charge in [-0.15, -0.1) is 0 Å². The molecule has 0 saturated carbocycles. The molecule has 0 atom stereocenters. The van der Waals surface area contributed by atoms with E-state index in [1.54, 1.807) is 0 Å². The topological polar surface area (TPSA) is 0 Å². The Balaban J connectivity index is 1.88. The highest BCUT2D eigenvalue weighted by molar-refractivity contribution is 6.26. The van der Waals surface area contributed by atoms with Crippen LogP contribution in [0.3, 0.4) is 0 Å². The van der Waals surface area contributed by atoms with Gasteiger partial charge in [-0.05, 0) is 86.3 Å². The number of hydrogen-bond donors (Lipinski definition) is 0. The average molecular weight is 391 g/mol. The lowest BCUT2D eigenvalue weighted by molar-refractivity contribution is 0.798. The van der Waals surface area contributed by atoms with Crippen LogP contribution in [0.25, 0.3) is 43.4 Å². The second-order valence-electron chi connectivity index (χ2n) is 8.63. The van der Waals surface area contributed by atoms with E-state index >= 15 is 0 Å². The van der Waals surface area contributed by atoms with Crippen LogP contribution in [0.15, 0.2) is 72.8 Å². The van der Waals surface area contributed by atoms with Gasteiger partial charge in [0.25, 0.3) is 0 Å². The summed E-state index contributed by atoms with van der Waals surface area (Å²) >= 11 is 0. The lowest BCUT2D eigenvalue weighted by Gasteiger charge is -2.19. The third-order valence-electron chi connectivity index (χ3n) is 6.64. The normalized spacial score (nSPS) is 11.8. The molecule has 150 valence electrons. The molecule has 5 aromatic carbocycles. The summed E-state index contributed by atoms with van der Waals surface area (Å²) in [6.07, 6.45) is 7.26. The van der Waals surface area contributed by atoms with Crippen molar-refractivity contribution in [1.82, 2.24) is 0 Å². The highest BCUT2D eigenvalue weighted by atomic mass is 14.2. The smallest absolute Gasteiger partial charge is 0.00177 e. The molecule has 0 heteroatoms. The SMILES string of the molecule is CCCCc1ccc2ccc3c(-c4ccccc4)cc(CCCC)c4ccc1c2c43. The van der Waals surface area contributed by atoms with Gasteiger partial charge in [-0.2, -0.15) is 0 Å². The van der Waals surface area contributed by atoms with Crippen molar-refractivity contribution in [3.05, 3.63) is 83.9 Å². The Morgan fingerprint density at radius 2 is 1.20 bits per heavy atom. The maximum absolute atomic E-state index is 2.46. The number of benzene rings is 5. The molecule has 0 spiro atoms. The molecule has 0 aliphatic carbocycles. The molecular weight excluding hydrogens is 360 g/mol. The molecule has 0 nitrogen and oxygen atoms in total. The van der Waals surface area contributed by atoms with Gasteiger partial charge >= 0.3 is 0 Å². The summed E-state index contributed by atoms with van der Waals surface area (Å²) in [6.45, 7) is 4.57. The van der Waals surface area contributed by atoms with E-state index in [1.165, 1.54) is 86.7 Å². The Labute approximate surface area is 179 Å². The molecule has 0 unspecified atom stereocenters. The fraction of sp³-hybridized carbons (Fsp3) is 0.267. The first kappa shape index (κ1) is 19.1. The van der Waals surface area contributed by atoms with E-state index in [1.807, 2.05) is 0 Å². The Morgan fingerprint density at radius 3 is 1.93 bits per heavy atom. The van der Waals surface area contributed by atoms with Crippen LogP contribution in [-0.4, -0.2) is 0 Å². The highest BCUT2D eigenvalue weighted by Crippen LogP contribution is 2.42. The second kappa shape index (κ2) is 8.11. The van der Waals surface area contributed by atoms with Gasteiger partial charge < -0.3 is 0 Å². The van der Waals surface area contributed by atoms with Gasteiger partial charge in [0, 0.05) is 0 Å². The van der Waals surface area contributed by atoms with Crippen molar-refractivity contribution < 1.29 is 0 Å². The summed E-state index contributed by atoms with van der Waals surface area (Å²) in [7, 11) is 0. The number of rotatable bonds is 7. The zero-order valence-electron chi connectivity index (χ0n) is 18.2. The van der Waals surface area contributed by atoms with Crippen LogP contribution in [0.5, 0.6) is 0 Å². The molecule has 0 amide bonds. The van der Waals surface area contributed by atoms with Crippen molar-refractivity contribution in [2.45, 2.75) is 52.4 Å². The molecule has 0 saturated heterocycles. The van der Waals surface area contributed by atoms with Crippen LogP contribution in [0.4, 0.5) is 0 Å². The van der Waals surface area contributed by atoms with Gasteiger partial charge in [0.2, 0.25) is 0 Å². The van der Waals surface area contributed by atoms with E-state index in [0.717, 1.165) is 6.42 Å². The first-order chi connectivity index (χ1) is 14.8. The minimum absolute atomic E-state index is 1.15. The Morgan fingerprint density at radius 1 is 0.567 bits per heavy atom. The van der Waals surface area contributed by atoms with Gasteiger partial charge in [-0.25, -0.2) is 0 Å². The van der Waals surface area contributed by atoms with E-state index < -0.39 is 0 Å². The predicted molar refractivity (Wildman–Crippen MR) is 133 cm³/mol. The molecule has 0 heterocycles. The molecule has 0 radical (unpaired) electrons. The van der Waals surface area contributed by atoms with Crippen molar-refractivity contribution >= 4 is 32.3 Å². The molecule has 0 bridgehead atoms. The largest absolute Gasteiger partial charge is 0.0654 e. The van der Waals surface area contributed by atoms with Crippen LogP contribution in [0.1, 0.15) is 50.7 Å². The summed E-state index contributed by atoms with van der Waals surface area (Å²) in [4.78, 5) is 0. The standard InChI is InChI=1S/C30H30/c1-3-5-10-22-14-15-23-16-17-27-28(21-12-8-7-9-13-21)20-24(11-6-4-2)26-19-18-25(22)29(23)30(26)27/h7-9,12-20H,3-6,10-11H2,1-2H3. The van der Waals surface area contributed by atoms with Crippen LogP contribution in [-0.2, 0) is 12.8 Å². The molecule has 5 rings (SSSR count). The minimum Gasteiger partial charge on any atom is -0.0654 e. The fourth-order valence-electron chi connectivity index (χ4n) is 5.05. The molecule has 0 N–H and O–H groups in total. The number of unbranched alkanes of at least 4 members (excludes halogenated alkanes) is 2. The van der Waals surface area contributed by atoms with Gasteiger partial charge in [-0.3, -0.25) is 0 Å². The van der Waals surface area contributed by atoms with Crippen molar-refractivity contribution in [3.8, 4) is 11.1 Å². The Hall–Kier alpha value is -2.86. The predicted octanol–water partition coefficient (Wildman–Crippen LogP) is 8.94. The third kappa shape index (κ3) is 3.16.